The lowest BCUT2D eigenvalue weighted by Crippen LogP contribution is -2.53. The van der Waals surface area contributed by atoms with E-state index in [-0.39, 0.29) is 12.5 Å². The fraction of sp³-hybridized carbons (Fsp3) is 0.700. The first-order valence-electron chi connectivity index (χ1n) is 5.61. The summed E-state index contributed by atoms with van der Waals surface area (Å²) in [4.78, 5) is 36.1. The highest BCUT2D eigenvalue weighted by Gasteiger charge is 2.23. The second kappa shape index (κ2) is 6.20. The number of nitrogens with one attached hydrogen (secondary N) is 1. The molecule has 102 valence electrons. The summed E-state index contributed by atoms with van der Waals surface area (Å²) in [5.41, 5.74) is 0. The van der Waals surface area contributed by atoms with E-state index in [1.54, 1.807) is 4.90 Å². The fourth-order valence-corrected chi connectivity index (χ4v) is 1.61. The molecule has 3 amide bonds. The molecule has 1 aliphatic heterocycles. The number of nitrogens with zero attached hydrogens (tertiary/aromatic N) is 2. The van der Waals surface area contributed by atoms with Crippen LogP contribution in [-0.2, 0) is 9.59 Å². The zero-order chi connectivity index (χ0) is 13.7. The molecule has 0 aromatic heterocycles. The molecule has 1 rings (SSSR count). The highest BCUT2D eigenvalue weighted by molar-refractivity contribution is 5.77. The first-order valence-corrected chi connectivity index (χ1v) is 5.61. The van der Waals surface area contributed by atoms with Gasteiger partial charge in [-0.2, -0.15) is 0 Å². The van der Waals surface area contributed by atoms with E-state index in [0.717, 1.165) is 0 Å². The van der Waals surface area contributed by atoms with Crippen molar-refractivity contribution in [2.75, 3.05) is 32.7 Å². The molecular formula is C10H17N3O5. The minimum atomic E-state index is -1.60. The summed E-state index contributed by atoms with van der Waals surface area (Å²) in [7, 11) is 0. The maximum Gasteiger partial charge on any atom is 0.334 e. The maximum absolute atomic E-state index is 11.6. The van der Waals surface area contributed by atoms with Crippen LogP contribution < -0.4 is 5.32 Å². The number of aliphatic hydroxyl groups excluding tert-OH is 1. The first kappa shape index (κ1) is 14.2. The van der Waals surface area contributed by atoms with E-state index in [9.17, 15) is 14.4 Å². The van der Waals surface area contributed by atoms with Gasteiger partial charge >= 0.3 is 12.0 Å². The largest absolute Gasteiger partial charge is 0.479 e. The predicted molar refractivity (Wildman–Crippen MR) is 60.9 cm³/mol. The van der Waals surface area contributed by atoms with Gasteiger partial charge in [0, 0.05) is 33.1 Å². The van der Waals surface area contributed by atoms with Crippen molar-refractivity contribution in [3.05, 3.63) is 0 Å². The van der Waals surface area contributed by atoms with Crippen LogP contribution in [0.15, 0.2) is 0 Å². The molecule has 0 saturated carbocycles. The Morgan fingerprint density at radius 2 is 1.67 bits per heavy atom. The Morgan fingerprint density at radius 1 is 1.17 bits per heavy atom. The van der Waals surface area contributed by atoms with Gasteiger partial charge < -0.3 is 25.3 Å². The molecule has 3 N–H and O–H groups in total. The van der Waals surface area contributed by atoms with Gasteiger partial charge in [0.05, 0.1) is 6.54 Å². The average molecular weight is 259 g/mol. The first-order chi connectivity index (χ1) is 8.41. The molecule has 1 aliphatic rings. The molecule has 8 heteroatoms. The smallest absolute Gasteiger partial charge is 0.334 e. The third kappa shape index (κ3) is 3.88. The van der Waals surface area contributed by atoms with Crippen molar-refractivity contribution < 1.29 is 24.6 Å². The van der Waals surface area contributed by atoms with Gasteiger partial charge in [0.15, 0.2) is 6.10 Å². The number of aliphatic carboxylic acids is 1. The SMILES string of the molecule is CC(=O)N1CCN(C(=O)NC[C@H](O)C(=O)O)CC1. The number of carbonyl (C=O) groups excluding carboxylic acids is 2. The van der Waals surface area contributed by atoms with Crippen LogP contribution in [0.25, 0.3) is 0 Å². The molecule has 0 unspecified atom stereocenters. The zero-order valence-corrected chi connectivity index (χ0v) is 10.1. The van der Waals surface area contributed by atoms with Gasteiger partial charge in [0.2, 0.25) is 5.91 Å². The van der Waals surface area contributed by atoms with E-state index in [4.69, 9.17) is 10.2 Å². The highest BCUT2D eigenvalue weighted by Crippen LogP contribution is 2.02. The number of carboxylic acid groups (broad SMARTS) is 1. The lowest BCUT2D eigenvalue weighted by atomic mass is 10.3. The van der Waals surface area contributed by atoms with Gasteiger partial charge in [-0.15, -0.1) is 0 Å². The van der Waals surface area contributed by atoms with Crippen LogP contribution in [0.1, 0.15) is 6.92 Å². The number of carboxylic acids is 1. The van der Waals surface area contributed by atoms with Crippen molar-refractivity contribution in [3.63, 3.8) is 0 Å². The Morgan fingerprint density at radius 3 is 2.11 bits per heavy atom. The molecular weight excluding hydrogens is 242 g/mol. The molecule has 1 fully saturated rings. The second-order valence-corrected chi connectivity index (χ2v) is 4.03. The number of piperazine rings is 1. The molecule has 1 heterocycles. The molecule has 0 radical (unpaired) electrons. The zero-order valence-electron chi connectivity index (χ0n) is 10.1. The number of hydrogen-bond donors (Lipinski definition) is 3. The van der Waals surface area contributed by atoms with Gasteiger partial charge in [-0.05, 0) is 0 Å². The Bertz CT molecular complexity index is 338. The molecule has 0 aliphatic carbocycles. The normalized spacial score (nSPS) is 17.2. The maximum atomic E-state index is 11.6. The standard InChI is InChI=1S/C10H17N3O5/c1-7(14)12-2-4-13(5-3-12)10(18)11-6-8(15)9(16)17/h8,15H,2-6H2,1H3,(H,11,18)(H,16,17)/t8-/m0/s1. The Hall–Kier alpha value is -1.83. The third-order valence-electron chi connectivity index (χ3n) is 2.74. The molecule has 18 heavy (non-hydrogen) atoms. The van der Waals surface area contributed by atoms with Crippen molar-refractivity contribution in [3.8, 4) is 0 Å². The van der Waals surface area contributed by atoms with Crippen LogP contribution in [-0.4, -0.2) is 76.7 Å². The number of hydrogen-bond acceptors (Lipinski definition) is 4. The summed E-state index contributed by atoms with van der Waals surface area (Å²) in [5.74, 6) is -1.41. The minimum Gasteiger partial charge on any atom is -0.479 e. The van der Waals surface area contributed by atoms with Gasteiger partial charge in [-0.3, -0.25) is 4.79 Å². The number of carbonyl (C=O) groups is 3. The molecule has 1 saturated heterocycles. The van der Waals surface area contributed by atoms with E-state index in [1.165, 1.54) is 11.8 Å². The van der Waals surface area contributed by atoms with Gasteiger partial charge in [0.1, 0.15) is 0 Å². The van der Waals surface area contributed by atoms with Crippen LogP contribution in [0, 0.1) is 0 Å². The van der Waals surface area contributed by atoms with Crippen molar-refractivity contribution >= 4 is 17.9 Å². The third-order valence-corrected chi connectivity index (χ3v) is 2.74. The van der Waals surface area contributed by atoms with Crippen molar-refractivity contribution in [1.29, 1.82) is 0 Å². The van der Waals surface area contributed by atoms with Crippen LogP contribution in [0.5, 0.6) is 0 Å². The van der Waals surface area contributed by atoms with Crippen LogP contribution in [0.2, 0.25) is 0 Å². The summed E-state index contributed by atoms with van der Waals surface area (Å²) in [6.07, 6.45) is -1.60. The molecule has 0 aromatic carbocycles. The average Bonchev–Trinajstić information content (AvgIpc) is 2.35. The predicted octanol–water partition coefficient (Wildman–Crippen LogP) is -1.69. The van der Waals surface area contributed by atoms with Crippen LogP contribution in [0.3, 0.4) is 0 Å². The summed E-state index contributed by atoms with van der Waals surface area (Å²) in [5, 5.41) is 19.8. The summed E-state index contributed by atoms with van der Waals surface area (Å²) in [6, 6.07) is -0.432. The quantitative estimate of drug-likeness (QED) is 0.560. The highest BCUT2D eigenvalue weighted by atomic mass is 16.4. The van der Waals surface area contributed by atoms with Crippen molar-refractivity contribution in [1.82, 2.24) is 15.1 Å². The Labute approximate surface area is 104 Å². The van der Waals surface area contributed by atoms with Crippen LogP contribution >= 0.6 is 0 Å². The van der Waals surface area contributed by atoms with Crippen molar-refractivity contribution in [2.45, 2.75) is 13.0 Å². The second-order valence-electron chi connectivity index (χ2n) is 4.03. The van der Waals surface area contributed by atoms with Gasteiger partial charge in [0.25, 0.3) is 0 Å². The number of amides is 3. The summed E-state index contributed by atoms with van der Waals surface area (Å²) >= 11 is 0. The molecule has 1 atom stereocenters. The number of urea groups is 1. The fourth-order valence-electron chi connectivity index (χ4n) is 1.61. The topological polar surface area (TPSA) is 110 Å². The Balaban J connectivity index is 2.32. The lowest BCUT2D eigenvalue weighted by molar-refractivity contribution is -0.146. The van der Waals surface area contributed by atoms with E-state index in [1.807, 2.05) is 0 Å². The molecule has 0 spiro atoms. The van der Waals surface area contributed by atoms with E-state index in [0.29, 0.717) is 26.2 Å². The number of aliphatic hydroxyl groups is 1. The van der Waals surface area contributed by atoms with E-state index >= 15 is 0 Å². The van der Waals surface area contributed by atoms with E-state index in [2.05, 4.69) is 5.32 Å². The van der Waals surface area contributed by atoms with Crippen molar-refractivity contribution in [2.24, 2.45) is 0 Å². The number of rotatable bonds is 3. The minimum absolute atomic E-state index is 0.0312. The molecule has 8 nitrogen and oxygen atoms in total. The van der Waals surface area contributed by atoms with Gasteiger partial charge in [-0.25, -0.2) is 9.59 Å². The Kier molecular flexibility index (Phi) is 4.90. The molecule has 0 bridgehead atoms. The van der Waals surface area contributed by atoms with Gasteiger partial charge in [-0.1, -0.05) is 0 Å². The summed E-state index contributed by atoms with van der Waals surface area (Å²) in [6.45, 7) is 2.86. The van der Waals surface area contributed by atoms with E-state index < -0.39 is 18.1 Å². The monoisotopic (exact) mass is 259 g/mol. The van der Waals surface area contributed by atoms with Crippen LogP contribution in [0.4, 0.5) is 4.79 Å². The molecule has 0 aromatic rings. The lowest BCUT2D eigenvalue weighted by Gasteiger charge is -2.34. The summed E-state index contributed by atoms with van der Waals surface area (Å²) < 4.78 is 0.